The van der Waals surface area contributed by atoms with Gasteiger partial charge >= 0.3 is 6.18 Å². The first-order valence-corrected chi connectivity index (χ1v) is 14.8. The van der Waals surface area contributed by atoms with Crippen LogP contribution >= 0.6 is 0 Å². The van der Waals surface area contributed by atoms with Crippen LogP contribution in [0.4, 0.5) is 19.0 Å². The highest BCUT2D eigenvalue weighted by molar-refractivity contribution is 7.93. The van der Waals surface area contributed by atoms with Crippen LogP contribution in [0.15, 0.2) is 47.6 Å². The molecule has 0 spiro atoms. The number of rotatable bonds is 9. The lowest BCUT2D eigenvalue weighted by atomic mass is 9.93. The van der Waals surface area contributed by atoms with Gasteiger partial charge < -0.3 is 14.9 Å². The van der Waals surface area contributed by atoms with E-state index in [0.29, 0.717) is 24.1 Å². The van der Waals surface area contributed by atoms with Crippen LogP contribution in [0.3, 0.4) is 0 Å². The van der Waals surface area contributed by atoms with Crippen molar-refractivity contribution in [3.05, 3.63) is 53.1 Å². The Labute approximate surface area is 237 Å². The van der Waals surface area contributed by atoms with Crippen molar-refractivity contribution in [2.75, 3.05) is 18.1 Å². The zero-order chi connectivity index (χ0) is 29.6. The van der Waals surface area contributed by atoms with Crippen molar-refractivity contribution < 1.29 is 31.1 Å². The summed E-state index contributed by atoms with van der Waals surface area (Å²) in [5.41, 5.74) is -1.96. The van der Waals surface area contributed by atoms with E-state index in [-0.39, 0.29) is 47.9 Å². The first kappa shape index (κ1) is 29.0. The summed E-state index contributed by atoms with van der Waals surface area (Å²) in [6.45, 7) is 6.60. The van der Waals surface area contributed by atoms with Crippen molar-refractivity contribution in [2.24, 2.45) is 11.3 Å². The molecule has 1 saturated heterocycles. The fourth-order valence-electron chi connectivity index (χ4n) is 5.37. The second kappa shape index (κ2) is 10.4. The highest BCUT2D eigenvalue weighted by Crippen LogP contribution is 2.59. The molecule has 2 aliphatic heterocycles. The van der Waals surface area contributed by atoms with Crippen molar-refractivity contribution >= 4 is 29.2 Å². The average Bonchev–Trinajstić information content (AvgIpc) is 3.47. The van der Waals surface area contributed by atoms with Gasteiger partial charge in [-0.3, -0.25) is 4.79 Å². The smallest absolute Gasteiger partial charge is 0.394 e. The van der Waals surface area contributed by atoms with Gasteiger partial charge in [-0.2, -0.15) is 21.6 Å². The molecule has 4 heterocycles. The maximum Gasteiger partial charge on any atom is 0.394 e. The number of amides is 1. The first-order valence-electron chi connectivity index (χ1n) is 13.3. The molecule has 0 aromatic carbocycles. The summed E-state index contributed by atoms with van der Waals surface area (Å²) in [5.74, 6) is 1.85. The third kappa shape index (κ3) is 5.95. The number of nitrogens with zero attached hydrogens (tertiary/aromatic N) is 4. The van der Waals surface area contributed by atoms with E-state index in [1.807, 2.05) is 18.7 Å². The number of hydrogen-bond acceptors (Lipinski definition) is 8. The number of nitrogens with one attached hydrogen (secondary N) is 2. The Morgan fingerprint density at radius 1 is 1.27 bits per heavy atom. The second-order valence-electron chi connectivity index (χ2n) is 11.4. The monoisotopic (exact) mass is 591 g/mol. The molecule has 5 rings (SSSR count). The number of allylic oxidation sites excluding steroid dienone is 2. The van der Waals surface area contributed by atoms with E-state index in [0.717, 1.165) is 6.42 Å². The summed E-state index contributed by atoms with van der Waals surface area (Å²) in [7, 11) is -2.73. The molecule has 1 atom stereocenters. The molecule has 1 aliphatic carbocycles. The maximum atomic E-state index is 13.3. The summed E-state index contributed by atoms with van der Waals surface area (Å²) >= 11 is 0. The lowest BCUT2D eigenvalue weighted by Crippen LogP contribution is -2.42. The fourth-order valence-corrected chi connectivity index (χ4v) is 6.32. The number of hydrogen-bond donors (Lipinski definition) is 2. The van der Waals surface area contributed by atoms with E-state index in [9.17, 15) is 26.4 Å². The Morgan fingerprint density at radius 3 is 2.63 bits per heavy atom. The number of carbonyl (C=O) groups excluding carboxylic acids is 1. The molecular weight excluding hydrogens is 560 g/mol. The van der Waals surface area contributed by atoms with Crippen LogP contribution in [-0.2, 0) is 10.0 Å². The Hall–Kier alpha value is -3.49. The summed E-state index contributed by atoms with van der Waals surface area (Å²) in [6, 6.07) is 4.53. The molecule has 1 saturated carbocycles. The highest BCUT2D eigenvalue weighted by Gasteiger charge is 2.62. The predicted molar refractivity (Wildman–Crippen MR) is 147 cm³/mol. The summed E-state index contributed by atoms with van der Waals surface area (Å²) in [6.07, 6.45) is 1.10. The van der Waals surface area contributed by atoms with Crippen LogP contribution in [-0.4, -0.2) is 61.4 Å². The third-order valence-electron chi connectivity index (χ3n) is 7.72. The molecule has 219 valence electrons. The fraction of sp³-hybridized carbons (Fsp3) is 0.500. The van der Waals surface area contributed by atoms with Crippen molar-refractivity contribution in [1.82, 2.24) is 24.7 Å². The Bertz CT molecular complexity index is 1500. The number of anilines is 1. The third-order valence-corrected chi connectivity index (χ3v) is 9.00. The van der Waals surface area contributed by atoms with Gasteiger partial charge in [-0.05, 0) is 63.7 Å². The number of ether oxygens (including phenoxy) is 1. The standard InChI is InChI=1S/C26H31BF3N6O4S/c1-17-15-24(2,3)35(16-17)22-18(23(37)34-41(38,39)21-5-4-12-27-32-21)6-7-19(31-22)36-13-8-20(33-36)40-14-11-25(9-10-25)26(28,29)30/h4-8,12-13,17,32H,9-11,14-16H2,1-3H3,(H,34,37)/t17-/m0/s1. The molecule has 1 radical (unpaired) electrons. The quantitative estimate of drug-likeness (QED) is 0.425. The largest absolute Gasteiger partial charge is 0.477 e. The lowest BCUT2D eigenvalue weighted by molar-refractivity contribution is -0.190. The minimum atomic E-state index is -4.25. The van der Waals surface area contributed by atoms with E-state index in [2.05, 4.69) is 22.0 Å². The van der Waals surface area contributed by atoms with Crippen molar-refractivity contribution in [1.29, 1.82) is 0 Å². The zero-order valence-corrected chi connectivity index (χ0v) is 23.7. The van der Waals surface area contributed by atoms with Crippen LogP contribution in [0.1, 0.15) is 56.8 Å². The van der Waals surface area contributed by atoms with Gasteiger partial charge in [-0.1, -0.05) is 19.0 Å². The molecular formula is C26H31BF3N6O4S. The van der Waals surface area contributed by atoms with Crippen molar-refractivity contribution in [3.8, 4) is 11.7 Å². The molecule has 41 heavy (non-hydrogen) atoms. The Kier molecular flexibility index (Phi) is 7.37. The molecule has 2 N–H and O–H groups in total. The number of alkyl halides is 3. The van der Waals surface area contributed by atoms with Gasteiger partial charge in [-0.15, -0.1) is 5.10 Å². The molecule has 0 unspecified atom stereocenters. The van der Waals surface area contributed by atoms with E-state index < -0.39 is 27.5 Å². The van der Waals surface area contributed by atoms with Gasteiger partial charge in [0.05, 0.1) is 17.6 Å². The average molecular weight is 591 g/mol. The molecule has 2 fully saturated rings. The molecule has 2 aromatic heterocycles. The van der Waals surface area contributed by atoms with Crippen LogP contribution in [0.25, 0.3) is 5.82 Å². The molecule has 3 aliphatic rings. The van der Waals surface area contributed by atoms with E-state index in [4.69, 9.17) is 9.72 Å². The zero-order valence-electron chi connectivity index (χ0n) is 22.9. The number of sulfonamides is 1. The number of carbonyl (C=O) groups is 1. The van der Waals surface area contributed by atoms with E-state index >= 15 is 0 Å². The minimum Gasteiger partial charge on any atom is -0.477 e. The van der Waals surface area contributed by atoms with Gasteiger partial charge in [0.25, 0.3) is 23.3 Å². The minimum absolute atomic E-state index is 0.0703. The first-order chi connectivity index (χ1) is 19.2. The molecule has 2 aromatic rings. The summed E-state index contributed by atoms with van der Waals surface area (Å²) in [4.78, 5) is 20.0. The van der Waals surface area contributed by atoms with Gasteiger partial charge in [0.2, 0.25) is 5.88 Å². The van der Waals surface area contributed by atoms with Crippen molar-refractivity contribution in [2.45, 2.75) is 58.2 Å². The highest BCUT2D eigenvalue weighted by atomic mass is 32.2. The summed E-state index contributed by atoms with van der Waals surface area (Å²) < 4.78 is 74.3. The lowest BCUT2D eigenvalue weighted by Gasteiger charge is -2.34. The maximum absolute atomic E-state index is 13.3. The van der Waals surface area contributed by atoms with Crippen LogP contribution in [0.5, 0.6) is 5.88 Å². The molecule has 15 heteroatoms. The molecule has 1 amide bonds. The van der Waals surface area contributed by atoms with Gasteiger partial charge in [-0.25, -0.2) is 14.4 Å². The van der Waals surface area contributed by atoms with E-state index in [1.54, 1.807) is 12.2 Å². The summed E-state index contributed by atoms with van der Waals surface area (Å²) in [5, 5.41) is 6.75. The van der Waals surface area contributed by atoms with Gasteiger partial charge in [0, 0.05) is 24.3 Å². The number of aromatic nitrogens is 3. The SMILES string of the molecule is C[C@@H]1CN(c2nc(-n3ccc(OCCC4(C(F)(F)F)CC4)n3)ccc2C(=O)NS(=O)(=O)C2=CC=C[B]N2)C(C)(C)C1. The topological polar surface area (TPSA) is 118 Å². The van der Waals surface area contributed by atoms with Crippen LogP contribution < -0.4 is 19.6 Å². The van der Waals surface area contributed by atoms with Crippen LogP contribution in [0.2, 0.25) is 0 Å². The van der Waals surface area contributed by atoms with Gasteiger partial charge in [0.1, 0.15) is 10.8 Å². The number of pyridine rings is 1. The predicted octanol–water partition coefficient (Wildman–Crippen LogP) is 3.64. The molecule has 10 nitrogen and oxygen atoms in total. The van der Waals surface area contributed by atoms with Crippen molar-refractivity contribution in [3.63, 3.8) is 0 Å². The van der Waals surface area contributed by atoms with Gasteiger partial charge in [0.15, 0.2) is 5.82 Å². The Morgan fingerprint density at radius 2 is 2.02 bits per heavy atom. The van der Waals surface area contributed by atoms with Crippen LogP contribution in [0, 0.1) is 11.3 Å². The Balaban J connectivity index is 1.39. The molecule has 0 bridgehead atoms. The normalized spacial score (nSPS) is 21.1. The van der Waals surface area contributed by atoms with E-state index in [1.165, 1.54) is 42.4 Å². The number of halogens is 3. The second-order valence-corrected chi connectivity index (χ2v) is 13.1.